The van der Waals surface area contributed by atoms with E-state index < -0.39 is 0 Å². The van der Waals surface area contributed by atoms with Gasteiger partial charge in [-0.25, -0.2) is 9.37 Å². The normalized spacial score (nSPS) is 11.0. The lowest BCUT2D eigenvalue weighted by atomic mass is 10.3. The molecular weight excluding hydrogens is 261 g/mol. The van der Waals surface area contributed by atoms with E-state index in [-0.39, 0.29) is 5.82 Å². The summed E-state index contributed by atoms with van der Waals surface area (Å²) in [4.78, 5) is 8.51. The molecule has 5 heteroatoms. The molecule has 0 fully saturated rings. The Labute approximate surface area is 114 Å². The smallest absolute Gasteiger partial charge is 0.126 e. The van der Waals surface area contributed by atoms with E-state index in [1.54, 1.807) is 6.07 Å². The Morgan fingerprint density at radius 2 is 2.05 bits per heavy atom. The van der Waals surface area contributed by atoms with Gasteiger partial charge in [-0.2, -0.15) is 0 Å². The molecule has 0 spiro atoms. The molecule has 3 aromatic rings. The van der Waals surface area contributed by atoms with Crippen molar-refractivity contribution in [2.24, 2.45) is 0 Å². The van der Waals surface area contributed by atoms with E-state index in [4.69, 9.17) is 5.73 Å². The SMILES string of the molecule is Nc1cc(F)cc(SCc2nc3ccccc3[nH]2)c1. The van der Waals surface area contributed by atoms with Crippen LogP contribution >= 0.6 is 11.8 Å². The van der Waals surface area contributed by atoms with E-state index in [1.807, 2.05) is 24.3 Å². The molecule has 2 aromatic carbocycles. The van der Waals surface area contributed by atoms with Crippen molar-refractivity contribution in [3.63, 3.8) is 0 Å². The van der Waals surface area contributed by atoms with Gasteiger partial charge in [-0.3, -0.25) is 0 Å². The Morgan fingerprint density at radius 1 is 1.21 bits per heavy atom. The van der Waals surface area contributed by atoms with Crippen molar-refractivity contribution in [3.05, 3.63) is 54.1 Å². The molecule has 0 saturated carbocycles. The monoisotopic (exact) mass is 273 g/mol. The minimum atomic E-state index is -0.313. The third kappa shape index (κ3) is 2.71. The highest BCUT2D eigenvalue weighted by atomic mass is 32.2. The number of thioether (sulfide) groups is 1. The number of nitrogens with two attached hydrogens (primary N) is 1. The first kappa shape index (κ1) is 12.0. The molecule has 19 heavy (non-hydrogen) atoms. The number of para-hydroxylation sites is 2. The van der Waals surface area contributed by atoms with Crippen molar-refractivity contribution >= 4 is 28.5 Å². The summed E-state index contributed by atoms with van der Waals surface area (Å²) in [5.74, 6) is 1.21. The van der Waals surface area contributed by atoms with Crippen molar-refractivity contribution in [2.45, 2.75) is 10.6 Å². The number of benzene rings is 2. The van der Waals surface area contributed by atoms with Crippen molar-refractivity contribution in [3.8, 4) is 0 Å². The number of aromatic nitrogens is 2. The number of nitrogens with zero attached hydrogens (tertiary/aromatic N) is 1. The zero-order valence-corrected chi connectivity index (χ0v) is 10.9. The maximum absolute atomic E-state index is 13.2. The molecular formula is C14H12FN3S. The van der Waals surface area contributed by atoms with Crippen LogP contribution in [0.15, 0.2) is 47.4 Å². The second kappa shape index (κ2) is 4.93. The number of nitrogen functional groups attached to an aromatic ring is 1. The molecule has 0 bridgehead atoms. The quantitative estimate of drug-likeness (QED) is 0.566. The number of aromatic amines is 1. The Kier molecular flexibility index (Phi) is 3.13. The number of rotatable bonds is 3. The van der Waals surface area contributed by atoms with Crippen LogP contribution in [0.25, 0.3) is 11.0 Å². The van der Waals surface area contributed by atoms with E-state index in [9.17, 15) is 4.39 Å². The summed E-state index contributed by atoms with van der Waals surface area (Å²) in [5, 5.41) is 0. The molecule has 0 unspecified atom stereocenters. The van der Waals surface area contributed by atoms with Gasteiger partial charge in [0.1, 0.15) is 11.6 Å². The Hall–Kier alpha value is -2.01. The largest absolute Gasteiger partial charge is 0.399 e. The Bertz CT molecular complexity index is 670. The van der Waals surface area contributed by atoms with Gasteiger partial charge in [-0.1, -0.05) is 12.1 Å². The standard InChI is InChI=1S/C14H12FN3S/c15-9-5-10(16)7-11(6-9)19-8-14-17-12-3-1-2-4-13(12)18-14/h1-7H,8,16H2,(H,17,18). The van der Waals surface area contributed by atoms with Gasteiger partial charge >= 0.3 is 0 Å². The summed E-state index contributed by atoms with van der Waals surface area (Å²) in [6.45, 7) is 0. The van der Waals surface area contributed by atoms with E-state index in [1.165, 1.54) is 23.9 Å². The fraction of sp³-hybridized carbons (Fsp3) is 0.0714. The van der Waals surface area contributed by atoms with Gasteiger partial charge in [-0.15, -0.1) is 11.8 Å². The van der Waals surface area contributed by atoms with Crippen LogP contribution < -0.4 is 5.73 Å². The lowest BCUT2D eigenvalue weighted by Gasteiger charge is -2.01. The molecule has 3 N–H and O–H groups in total. The maximum Gasteiger partial charge on any atom is 0.126 e. The van der Waals surface area contributed by atoms with Gasteiger partial charge in [0.05, 0.1) is 16.8 Å². The number of halogens is 1. The van der Waals surface area contributed by atoms with E-state index >= 15 is 0 Å². The van der Waals surface area contributed by atoms with Crippen LogP contribution in [-0.2, 0) is 5.75 Å². The zero-order valence-electron chi connectivity index (χ0n) is 10.1. The number of nitrogens with one attached hydrogen (secondary N) is 1. The van der Waals surface area contributed by atoms with Crippen LogP contribution in [-0.4, -0.2) is 9.97 Å². The lowest BCUT2D eigenvalue weighted by Crippen LogP contribution is -1.88. The first-order valence-electron chi connectivity index (χ1n) is 5.83. The molecule has 0 aliphatic carbocycles. The summed E-state index contributed by atoms with van der Waals surface area (Å²) in [7, 11) is 0. The molecule has 0 saturated heterocycles. The van der Waals surface area contributed by atoms with E-state index in [0.717, 1.165) is 21.8 Å². The van der Waals surface area contributed by atoms with Gasteiger partial charge in [0.25, 0.3) is 0 Å². The third-order valence-electron chi connectivity index (χ3n) is 2.71. The average molecular weight is 273 g/mol. The molecule has 96 valence electrons. The predicted molar refractivity (Wildman–Crippen MR) is 76.5 cm³/mol. The summed E-state index contributed by atoms with van der Waals surface area (Å²) in [6, 6.07) is 12.4. The molecule has 1 heterocycles. The number of anilines is 1. The second-order valence-corrected chi connectivity index (χ2v) is 5.26. The first-order valence-corrected chi connectivity index (χ1v) is 6.82. The van der Waals surface area contributed by atoms with E-state index in [2.05, 4.69) is 9.97 Å². The summed E-state index contributed by atoms with van der Waals surface area (Å²) in [5.41, 5.74) is 8.00. The zero-order chi connectivity index (χ0) is 13.2. The number of fused-ring (bicyclic) bond motifs is 1. The topological polar surface area (TPSA) is 54.7 Å². The Balaban J connectivity index is 1.78. The van der Waals surface area contributed by atoms with Gasteiger partial charge in [0.2, 0.25) is 0 Å². The molecule has 1 aromatic heterocycles. The Morgan fingerprint density at radius 3 is 2.84 bits per heavy atom. The molecule has 3 rings (SSSR count). The van der Waals surface area contributed by atoms with Crippen molar-refractivity contribution in [1.29, 1.82) is 0 Å². The van der Waals surface area contributed by atoms with Gasteiger partial charge in [0.15, 0.2) is 0 Å². The highest BCUT2D eigenvalue weighted by Crippen LogP contribution is 2.25. The molecule has 0 amide bonds. The molecule has 0 atom stereocenters. The number of imidazole rings is 1. The van der Waals surface area contributed by atoms with Crippen molar-refractivity contribution < 1.29 is 4.39 Å². The van der Waals surface area contributed by atoms with Crippen molar-refractivity contribution in [1.82, 2.24) is 9.97 Å². The highest BCUT2D eigenvalue weighted by molar-refractivity contribution is 7.98. The number of hydrogen-bond acceptors (Lipinski definition) is 3. The highest BCUT2D eigenvalue weighted by Gasteiger charge is 2.04. The summed E-state index contributed by atoms with van der Waals surface area (Å²) in [6.07, 6.45) is 0. The third-order valence-corrected chi connectivity index (χ3v) is 3.69. The van der Waals surface area contributed by atoms with Crippen LogP contribution in [0.5, 0.6) is 0 Å². The van der Waals surface area contributed by atoms with Gasteiger partial charge in [-0.05, 0) is 30.3 Å². The first-order chi connectivity index (χ1) is 9.20. The minimum Gasteiger partial charge on any atom is -0.399 e. The molecule has 0 aliphatic rings. The molecule has 0 radical (unpaired) electrons. The fourth-order valence-electron chi connectivity index (χ4n) is 1.89. The average Bonchev–Trinajstić information content (AvgIpc) is 2.78. The van der Waals surface area contributed by atoms with Crippen LogP contribution in [0.2, 0.25) is 0 Å². The molecule has 3 nitrogen and oxygen atoms in total. The predicted octanol–water partition coefficient (Wildman–Crippen LogP) is 3.58. The van der Waals surface area contributed by atoms with Crippen molar-refractivity contribution in [2.75, 3.05) is 5.73 Å². The lowest BCUT2D eigenvalue weighted by molar-refractivity contribution is 0.625. The van der Waals surface area contributed by atoms with Crippen LogP contribution in [0.1, 0.15) is 5.82 Å². The van der Waals surface area contributed by atoms with Gasteiger partial charge in [0, 0.05) is 10.6 Å². The summed E-state index contributed by atoms with van der Waals surface area (Å²) < 4.78 is 13.2. The van der Waals surface area contributed by atoms with Crippen LogP contribution in [0.3, 0.4) is 0 Å². The minimum absolute atomic E-state index is 0.313. The number of H-pyrrole nitrogens is 1. The van der Waals surface area contributed by atoms with Crippen LogP contribution in [0, 0.1) is 5.82 Å². The second-order valence-electron chi connectivity index (χ2n) is 4.21. The fourth-order valence-corrected chi connectivity index (χ4v) is 2.75. The maximum atomic E-state index is 13.2. The summed E-state index contributed by atoms with van der Waals surface area (Å²) >= 11 is 1.50. The van der Waals surface area contributed by atoms with Gasteiger partial charge < -0.3 is 10.7 Å². The van der Waals surface area contributed by atoms with E-state index in [0.29, 0.717) is 11.4 Å². The van der Waals surface area contributed by atoms with Crippen LogP contribution in [0.4, 0.5) is 10.1 Å². The molecule has 0 aliphatic heterocycles. The number of hydrogen-bond donors (Lipinski definition) is 2.